The van der Waals surface area contributed by atoms with Gasteiger partial charge in [-0.15, -0.1) is 0 Å². The molecule has 0 amide bonds. The molecule has 3 rings (SSSR count). The van der Waals surface area contributed by atoms with Gasteiger partial charge >= 0.3 is 0 Å². The standard InChI is InChI=1S/C14H19N5S/c1-19-7-3-5-11(19)9-17-14-12(13(15)18-20-14)10-4-2-6-16-8-10/h2,4,6,8,11,17H,3,5,7,9H2,1H3,(H2,15,18). The Balaban J connectivity index is 1.77. The minimum atomic E-state index is 0.574. The third-order valence-corrected chi connectivity index (χ3v) is 4.66. The molecule has 0 spiro atoms. The van der Waals surface area contributed by atoms with E-state index in [9.17, 15) is 0 Å². The van der Waals surface area contributed by atoms with Gasteiger partial charge in [0.25, 0.3) is 0 Å². The normalized spacial score (nSPS) is 19.4. The molecule has 1 fully saturated rings. The second kappa shape index (κ2) is 5.76. The molecule has 1 aliphatic rings. The summed E-state index contributed by atoms with van der Waals surface area (Å²) in [5.41, 5.74) is 8.00. The summed E-state index contributed by atoms with van der Waals surface area (Å²) in [4.78, 5) is 6.56. The van der Waals surface area contributed by atoms with Crippen LogP contribution in [0.3, 0.4) is 0 Å². The van der Waals surface area contributed by atoms with Crippen molar-refractivity contribution in [3.63, 3.8) is 0 Å². The van der Waals surface area contributed by atoms with Gasteiger partial charge in [-0.1, -0.05) is 6.07 Å². The highest BCUT2D eigenvalue weighted by atomic mass is 32.1. The van der Waals surface area contributed by atoms with Crippen molar-refractivity contribution >= 4 is 22.4 Å². The first kappa shape index (κ1) is 13.3. The third kappa shape index (κ3) is 2.62. The number of aromatic nitrogens is 2. The van der Waals surface area contributed by atoms with Crippen LogP contribution in [0.15, 0.2) is 24.5 Å². The lowest BCUT2D eigenvalue weighted by Gasteiger charge is -2.20. The molecule has 6 heteroatoms. The van der Waals surface area contributed by atoms with Gasteiger partial charge in [0, 0.05) is 30.5 Å². The molecule has 1 unspecified atom stereocenters. The number of likely N-dealkylation sites (tertiary alicyclic amines) is 1. The van der Waals surface area contributed by atoms with Gasteiger partial charge in [-0.05, 0) is 44.0 Å². The molecular formula is C14H19N5S. The summed E-state index contributed by atoms with van der Waals surface area (Å²) < 4.78 is 4.27. The molecule has 2 aromatic heterocycles. The fraction of sp³-hybridized carbons (Fsp3) is 0.429. The van der Waals surface area contributed by atoms with E-state index >= 15 is 0 Å². The van der Waals surface area contributed by atoms with Crippen molar-refractivity contribution in [2.75, 3.05) is 31.2 Å². The Labute approximate surface area is 123 Å². The van der Waals surface area contributed by atoms with Crippen molar-refractivity contribution in [3.05, 3.63) is 24.5 Å². The first-order valence-electron chi connectivity index (χ1n) is 6.85. The average molecular weight is 289 g/mol. The number of nitrogen functional groups attached to an aromatic ring is 1. The summed E-state index contributed by atoms with van der Waals surface area (Å²) in [6, 6.07) is 4.53. The Morgan fingerprint density at radius 3 is 3.15 bits per heavy atom. The number of hydrogen-bond acceptors (Lipinski definition) is 6. The van der Waals surface area contributed by atoms with Crippen LogP contribution in [-0.2, 0) is 0 Å². The molecule has 0 aliphatic carbocycles. The van der Waals surface area contributed by atoms with Crippen molar-refractivity contribution in [3.8, 4) is 11.1 Å². The van der Waals surface area contributed by atoms with Crippen LogP contribution >= 0.6 is 11.5 Å². The number of nitrogens with one attached hydrogen (secondary N) is 1. The van der Waals surface area contributed by atoms with E-state index in [1.165, 1.54) is 30.9 Å². The van der Waals surface area contributed by atoms with Crippen LogP contribution in [0, 0.1) is 0 Å². The van der Waals surface area contributed by atoms with Crippen LogP contribution in [0.2, 0.25) is 0 Å². The summed E-state index contributed by atoms with van der Waals surface area (Å²) in [6.07, 6.45) is 6.12. The van der Waals surface area contributed by atoms with Crippen LogP contribution in [0.25, 0.3) is 11.1 Å². The van der Waals surface area contributed by atoms with Crippen LogP contribution in [0.5, 0.6) is 0 Å². The minimum absolute atomic E-state index is 0.574. The average Bonchev–Trinajstić information content (AvgIpc) is 3.03. The third-order valence-electron chi connectivity index (χ3n) is 3.84. The monoisotopic (exact) mass is 289 g/mol. The number of rotatable bonds is 4. The molecule has 0 aromatic carbocycles. The van der Waals surface area contributed by atoms with Gasteiger partial charge < -0.3 is 16.0 Å². The second-order valence-corrected chi connectivity index (χ2v) is 5.94. The van der Waals surface area contributed by atoms with Gasteiger partial charge in [-0.2, -0.15) is 4.37 Å². The summed E-state index contributed by atoms with van der Waals surface area (Å²) in [5.74, 6) is 0.574. The highest BCUT2D eigenvalue weighted by molar-refractivity contribution is 7.11. The number of likely N-dealkylation sites (N-methyl/N-ethyl adjacent to an activating group) is 1. The van der Waals surface area contributed by atoms with E-state index in [0.29, 0.717) is 11.9 Å². The van der Waals surface area contributed by atoms with E-state index in [1.807, 2.05) is 18.3 Å². The van der Waals surface area contributed by atoms with Gasteiger partial charge in [0.05, 0.1) is 5.56 Å². The fourth-order valence-electron chi connectivity index (χ4n) is 2.66. The summed E-state index contributed by atoms with van der Waals surface area (Å²) in [5, 5.41) is 4.55. The van der Waals surface area contributed by atoms with Crippen molar-refractivity contribution in [1.82, 2.24) is 14.3 Å². The van der Waals surface area contributed by atoms with E-state index in [0.717, 1.165) is 22.7 Å². The van der Waals surface area contributed by atoms with E-state index in [1.54, 1.807) is 6.20 Å². The predicted molar refractivity (Wildman–Crippen MR) is 83.9 cm³/mol. The second-order valence-electron chi connectivity index (χ2n) is 5.17. The first-order valence-corrected chi connectivity index (χ1v) is 7.62. The molecule has 3 heterocycles. The Hall–Kier alpha value is -1.66. The number of nitrogens with two attached hydrogens (primary N) is 1. The van der Waals surface area contributed by atoms with Crippen LogP contribution in [0.4, 0.5) is 10.8 Å². The van der Waals surface area contributed by atoms with Gasteiger partial charge in [-0.25, -0.2) is 0 Å². The molecular weight excluding hydrogens is 270 g/mol. The van der Waals surface area contributed by atoms with Gasteiger partial charge in [0.1, 0.15) is 10.8 Å². The fourth-order valence-corrected chi connectivity index (χ4v) is 3.40. The van der Waals surface area contributed by atoms with Crippen LogP contribution < -0.4 is 11.1 Å². The van der Waals surface area contributed by atoms with Gasteiger partial charge in [0.2, 0.25) is 0 Å². The van der Waals surface area contributed by atoms with Crippen molar-refractivity contribution < 1.29 is 0 Å². The number of anilines is 2. The Morgan fingerprint density at radius 1 is 1.55 bits per heavy atom. The lowest BCUT2D eigenvalue weighted by molar-refractivity contribution is 0.322. The zero-order chi connectivity index (χ0) is 13.9. The molecule has 20 heavy (non-hydrogen) atoms. The molecule has 5 nitrogen and oxygen atoms in total. The van der Waals surface area contributed by atoms with Crippen LogP contribution in [-0.4, -0.2) is 40.4 Å². The van der Waals surface area contributed by atoms with E-state index < -0.39 is 0 Å². The maximum atomic E-state index is 6.01. The molecule has 3 N–H and O–H groups in total. The maximum absolute atomic E-state index is 6.01. The molecule has 2 aromatic rings. The molecule has 0 radical (unpaired) electrons. The van der Waals surface area contributed by atoms with E-state index in [2.05, 4.69) is 26.6 Å². The predicted octanol–water partition coefficient (Wildman–Crippen LogP) is 2.29. The van der Waals surface area contributed by atoms with Gasteiger partial charge in [0.15, 0.2) is 0 Å². The number of nitrogens with zero attached hydrogens (tertiary/aromatic N) is 3. The van der Waals surface area contributed by atoms with E-state index in [-0.39, 0.29) is 0 Å². The minimum Gasteiger partial charge on any atom is -0.382 e. The number of pyridine rings is 1. The zero-order valence-electron chi connectivity index (χ0n) is 11.5. The van der Waals surface area contributed by atoms with E-state index in [4.69, 9.17) is 5.73 Å². The summed E-state index contributed by atoms with van der Waals surface area (Å²) >= 11 is 1.42. The number of hydrogen-bond donors (Lipinski definition) is 2. The van der Waals surface area contributed by atoms with Crippen molar-refractivity contribution in [1.29, 1.82) is 0 Å². The largest absolute Gasteiger partial charge is 0.382 e. The first-order chi connectivity index (χ1) is 9.75. The Bertz CT molecular complexity index is 568. The SMILES string of the molecule is CN1CCCC1CNc1snc(N)c1-c1cccnc1. The highest BCUT2D eigenvalue weighted by Gasteiger charge is 2.21. The summed E-state index contributed by atoms with van der Waals surface area (Å²) in [7, 11) is 2.18. The van der Waals surface area contributed by atoms with Crippen molar-refractivity contribution in [2.24, 2.45) is 0 Å². The molecule has 1 aliphatic heterocycles. The molecule has 106 valence electrons. The Morgan fingerprint density at radius 2 is 2.45 bits per heavy atom. The smallest absolute Gasteiger partial charge is 0.147 e. The molecule has 0 saturated carbocycles. The molecule has 1 atom stereocenters. The Kier molecular flexibility index (Phi) is 3.84. The molecule has 1 saturated heterocycles. The summed E-state index contributed by atoms with van der Waals surface area (Å²) in [6.45, 7) is 2.12. The maximum Gasteiger partial charge on any atom is 0.147 e. The zero-order valence-corrected chi connectivity index (χ0v) is 12.4. The topological polar surface area (TPSA) is 67.1 Å². The lowest BCUT2D eigenvalue weighted by atomic mass is 10.1. The lowest BCUT2D eigenvalue weighted by Crippen LogP contribution is -2.31. The van der Waals surface area contributed by atoms with Gasteiger partial charge in [-0.3, -0.25) is 4.98 Å². The molecule has 0 bridgehead atoms. The van der Waals surface area contributed by atoms with Crippen molar-refractivity contribution in [2.45, 2.75) is 18.9 Å². The quantitative estimate of drug-likeness (QED) is 0.904. The highest BCUT2D eigenvalue weighted by Crippen LogP contribution is 2.36. The van der Waals surface area contributed by atoms with Crippen LogP contribution in [0.1, 0.15) is 12.8 Å².